The molecule has 1 heterocycles. The van der Waals surface area contributed by atoms with E-state index in [2.05, 4.69) is 50.4 Å². The van der Waals surface area contributed by atoms with Crippen LogP contribution in [-0.4, -0.2) is 17.6 Å². The van der Waals surface area contributed by atoms with E-state index >= 15 is 0 Å². The number of fused-ring (bicyclic) bond motifs is 1. The van der Waals surface area contributed by atoms with E-state index in [4.69, 9.17) is 4.98 Å². The van der Waals surface area contributed by atoms with Gasteiger partial charge in [-0.2, -0.15) is 0 Å². The van der Waals surface area contributed by atoms with Gasteiger partial charge in [0, 0.05) is 12.5 Å². The van der Waals surface area contributed by atoms with Gasteiger partial charge in [0.05, 0.1) is 15.2 Å². The number of rotatable bonds is 5. The first-order valence-corrected chi connectivity index (χ1v) is 7.10. The second-order valence-electron chi connectivity index (χ2n) is 4.69. The van der Waals surface area contributed by atoms with Gasteiger partial charge in [-0.1, -0.05) is 32.9 Å². The highest BCUT2D eigenvalue weighted by molar-refractivity contribution is 7.18. The Hall–Kier alpha value is -0.930. The van der Waals surface area contributed by atoms with Gasteiger partial charge in [0.2, 0.25) is 0 Å². The summed E-state index contributed by atoms with van der Waals surface area (Å²) >= 11 is 1.82. The number of para-hydroxylation sites is 1. The van der Waals surface area contributed by atoms with E-state index in [0.717, 1.165) is 18.5 Å². The number of hydrogen-bond acceptors (Lipinski definition) is 3. The quantitative estimate of drug-likeness (QED) is 0.876. The zero-order valence-electron chi connectivity index (χ0n) is 10.7. The lowest BCUT2D eigenvalue weighted by molar-refractivity contribution is 0.405. The lowest BCUT2D eigenvalue weighted by atomic mass is 10.0. The summed E-state index contributed by atoms with van der Waals surface area (Å²) < 4.78 is 1.29. The molecule has 0 aliphatic rings. The van der Waals surface area contributed by atoms with Gasteiger partial charge in [0.25, 0.3) is 0 Å². The van der Waals surface area contributed by atoms with Crippen LogP contribution < -0.4 is 5.32 Å². The van der Waals surface area contributed by atoms with Gasteiger partial charge in [0.15, 0.2) is 0 Å². The third kappa shape index (κ3) is 3.05. The molecular formula is C14H20N2S. The molecule has 0 aliphatic carbocycles. The second kappa shape index (κ2) is 5.61. The molecule has 0 spiro atoms. The maximum absolute atomic E-state index is 4.70. The van der Waals surface area contributed by atoms with Gasteiger partial charge in [-0.05, 0) is 24.6 Å². The first kappa shape index (κ1) is 12.5. The normalized spacial score (nSPS) is 13.4. The van der Waals surface area contributed by atoms with Crippen LogP contribution in [-0.2, 0) is 6.42 Å². The fourth-order valence-corrected chi connectivity index (χ4v) is 3.03. The van der Waals surface area contributed by atoms with Crippen LogP contribution in [0.15, 0.2) is 24.3 Å². The van der Waals surface area contributed by atoms with Crippen molar-refractivity contribution in [2.75, 3.05) is 6.54 Å². The summed E-state index contributed by atoms with van der Waals surface area (Å²) in [7, 11) is 0. The smallest absolute Gasteiger partial charge is 0.0954 e. The Morgan fingerprint density at radius 3 is 2.71 bits per heavy atom. The van der Waals surface area contributed by atoms with Crippen molar-refractivity contribution in [3.8, 4) is 0 Å². The summed E-state index contributed by atoms with van der Waals surface area (Å²) in [6, 6.07) is 8.90. The molecule has 92 valence electrons. The standard InChI is InChI=1S/C14H20N2S/c1-4-15-12(10(2)3)9-14-16-11-7-5-6-8-13(11)17-14/h5-8,10,12,15H,4,9H2,1-3H3. The maximum Gasteiger partial charge on any atom is 0.0954 e. The Morgan fingerprint density at radius 2 is 2.06 bits per heavy atom. The zero-order valence-corrected chi connectivity index (χ0v) is 11.6. The van der Waals surface area contributed by atoms with E-state index in [1.807, 2.05) is 11.3 Å². The Labute approximate surface area is 107 Å². The molecular weight excluding hydrogens is 228 g/mol. The van der Waals surface area contributed by atoms with Gasteiger partial charge >= 0.3 is 0 Å². The maximum atomic E-state index is 4.70. The number of benzene rings is 1. The number of nitrogens with zero attached hydrogens (tertiary/aromatic N) is 1. The Balaban J connectivity index is 2.16. The molecule has 0 aliphatic heterocycles. The highest BCUT2D eigenvalue weighted by Gasteiger charge is 2.15. The number of aromatic nitrogens is 1. The van der Waals surface area contributed by atoms with Crippen molar-refractivity contribution >= 4 is 21.6 Å². The molecule has 2 rings (SSSR count). The summed E-state index contributed by atoms with van der Waals surface area (Å²) in [5.41, 5.74) is 1.13. The van der Waals surface area contributed by atoms with Crippen LogP contribution >= 0.6 is 11.3 Å². The molecule has 2 nitrogen and oxygen atoms in total. The third-order valence-electron chi connectivity index (χ3n) is 3.00. The molecule has 1 aromatic carbocycles. The highest BCUT2D eigenvalue weighted by Crippen LogP contribution is 2.23. The van der Waals surface area contributed by atoms with E-state index in [1.165, 1.54) is 9.71 Å². The molecule has 3 heteroatoms. The molecule has 1 N–H and O–H groups in total. The first-order chi connectivity index (χ1) is 8.20. The molecule has 1 aromatic heterocycles. The molecule has 2 aromatic rings. The van der Waals surface area contributed by atoms with Crippen LogP contribution in [0, 0.1) is 5.92 Å². The summed E-state index contributed by atoms with van der Waals surface area (Å²) in [5.74, 6) is 0.641. The van der Waals surface area contributed by atoms with Crippen molar-refractivity contribution in [3.05, 3.63) is 29.3 Å². The van der Waals surface area contributed by atoms with Crippen LogP contribution in [0.3, 0.4) is 0 Å². The zero-order chi connectivity index (χ0) is 12.3. The van der Waals surface area contributed by atoms with Crippen LogP contribution in [0.1, 0.15) is 25.8 Å². The van der Waals surface area contributed by atoms with Crippen molar-refractivity contribution in [2.45, 2.75) is 33.2 Å². The molecule has 0 saturated carbocycles. The number of hydrogen-bond donors (Lipinski definition) is 1. The molecule has 0 bridgehead atoms. The van der Waals surface area contributed by atoms with Crippen molar-refractivity contribution in [2.24, 2.45) is 5.92 Å². The van der Waals surface area contributed by atoms with E-state index in [0.29, 0.717) is 12.0 Å². The molecule has 17 heavy (non-hydrogen) atoms. The van der Waals surface area contributed by atoms with Gasteiger partial charge in [-0.15, -0.1) is 11.3 Å². The average molecular weight is 248 g/mol. The average Bonchev–Trinajstić information content (AvgIpc) is 2.70. The van der Waals surface area contributed by atoms with Gasteiger partial charge in [-0.3, -0.25) is 0 Å². The van der Waals surface area contributed by atoms with Crippen molar-refractivity contribution in [1.29, 1.82) is 0 Å². The van der Waals surface area contributed by atoms with Crippen molar-refractivity contribution < 1.29 is 0 Å². The summed E-state index contributed by atoms with van der Waals surface area (Å²) in [4.78, 5) is 4.70. The van der Waals surface area contributed by atoms with Gasteiger partial charge in [0.1, 0.15) is 0 Å². The van der Waals surface area contributed by atoms with E-state index in [-0.39, 0.29) is 0 Å². The van der Waals surface area contributed by atoms with Crippen molar-refractivity contribution in [1.82, 2.24) is 10.3 Å². The number of likely N-dealkylation sites (N-methyl/N-ethyl adjacent to an activating group) is 1. The van der Waals surface area contributed by atoms with E-state index in [9.17, 15) is 0 Å². The molecule has 0 fully saturated rings. The topological polar surface area (TPSA) is 24.9 Å². The van der Waals surface area contributed by atoms with Crippen LogP contribution in [0.4, 0.5) is 0 Å². The van der Waals surface area contributed by atoms with Crippen LogP contribution in [0.25, 0.3) is 10.2 Å². The summed E-state index contributed by atoms with van der Waals surface area (Å²) in [6.07, 6.45) is 1.03. The molecule has 0 saturated heterocycles. The Morgan fingerprint density at radius 1 is 1.29 bits per heavy atom. The third-order valence-corrected chi connectivity index (χ3v) is 4.06. The monoisotopic (exact) mass is 248 g/mol. The number of thiazole rings is 1. The summed E-state index contributed by atoms with van der Waals surface area (Å²) in [6.45, 7) is 7.71. The lowest BCUT2D eigenvalue weighted by Gasteiger charge is -2.20. The Kier molecular flexibility index (Phi) is 4.13. The minimum Gasteiger partial charge on any atom is -0.314 e. The summed E-state index contributed by atoms with van der Waals surface area (Å²) in [5, 5.41) is 4.78. The molecule has 1 unspecified atom stereocenters. The predicted octanol–water partition coefficient (Wildman–Crippen LogP) is 3.47. The highest BCUT2D eigenvalue weighted by atomic mass is 32.1. The largest absolute Gasteiger partial charge is 0.314 e. The number of nitrogens with one attached hydrogen (secondary N) is 1. The van der Waals surface area contributed by atoms with Crippen LogP contribution in [0.2, 0.25) is 0 Å². The first-order valence-electron chi connectivity index (χ1n) is 6.28. The molecule has 1 atom stereocenters. The minimum atomic E-state index is 0.528. The molecule has 0 amide bonds. The van der Waals surface area contributed by atoms with E-state index in [1.54, 1.807) is 0 Å². The van der Waals surface area contributed by atoms with Crippen molar-refractivity contribution in [3.63, 3.8) is 0 Å². The molecule has 0 radical (unpaired) electrons. The SMILES string of the molecule is CCNC(Cc1nc2ccccc2s1)C(C)C. The fraction of sp³-hybridized carbons (Fsp3) is 0.500. The van der Waals surface area contributed by atoms with E-state index < -0.39 is 0 Å². The predicted molar refractivity (Wildman–Crippen MR) is 75.6 cm³/mol. The second-order valence-corrected chi connectivity index (χ2v) is 5.80. The van der Waals surface area contributed by atoms with Gasteiger partial charge < -0.3 is 5.32 Å². The van der Waals surface area contributed by atoms with Gasteiger partial charge in [-0.25, -0.2) is 4.98 Å². The minimum absolute atomic E-state index is 0.528. The lowest BCUT2D eigenvalue weighted by Crippen LogP contribution is -2.35. The Bertz CT molecular complexity index is 443. The van der Waals surface area contributed by atoms with Crippen LogP contribution in [0.5, 0.6) is 0 Å². The fourth-order valence-electron chi connectivity index (χ4n) is 2.00.